The number of rotatable bonds is 4. The Hall–Kier alpha value is -1.54. The fraction of sp³-hybridized carbons (Fsp3) is 0.545. The second-order valence-corrected chi connectivity index (χ2v) is 8.05. The lowest BCUT2D eigenvalue weighted by Crippen LogP contribution is -2.39. The number of fused-ring (bicyclic) bond motifs is 2. The van der Waals surface area contributed by atoms with Crippen molar-refractivity contribution in [3.05, 3.63) is 58.9 Å². The van der Waals surface area contributed by atoms with E-state index in [0.717, 1.165) is 42.6 Å². The van der Waals surface area contributed by atoms with Gasteiger partial charge in [-0.1, -0.05) is 29.9 Å². The van der Waals surface area contributed by atoms with Crippen LogP contribution in [0.4, 0.5) is 0 Å². The van der Waals surface area contributed by atoms with Gasteiger partial charge in [0.2, 0.25) is 0 Å². The van der Waals surface area contributed by atoms with Crippen molar-refractivity contribution in [2.45, 2.75) is 65.1 Å². The molecule has 130 valence electrons. The van der Waals surface area contributed by atoms with Gasteiger partial charge in [-0.05, 0) is 77.0 Å². The maximum Gasteiger partial charge on any atom is 0.126 e. The highest BCUT2D eigenvalue weighted by atomic mass is 16.5. The highest BCUT2D eigenvalue weighted by Gasteiger charge is 2.50. The number of allylic oxidation sites excluding steroid dienone is 5. The summed E-state index contributed by atoms with van der Waals surface area (Å²) in [6.07, 6.45) is 12.2. The van der Waals surface area contributed by atoms with Gasteiger partial charge in [0.1, 0.15) is 17.5 Å². The summed E-state index contributed by atoms with van der Waals surface area (Å²) in [5, 5.41) is 10.4. The molecular formula is C22H30O2. The van der Waals surface area contributed by atoms with Crippen molar-refractivity contribution in [1.29, 1.82) is 0 Å². The largest absolute Gasteiger partial charge is 0.487 e. The van der Waals surface area contributed by atoms with Gasteiger partial charge >= 0.3 is 0 Å². The Balaban J connectivity index is 1.82. The Bertz CT molecular complexity index is 657. The van der Waals surface area contributed by atoms with Crippen molar-refractivity contribution >= 4 is 0 Å². The van der Waals surface area contributed by atoms with E-state index in [0.29, 0.717) is 11.8 Å². The predicted molar refractivity (Wildman–Crippen MR) is 99.4 cm³/mol. The molecule has 2 aliphatic carbocycles. The first kappa shape index (κ1) is 17.3. The summed E-state index contributed by atoms with van der Waals surface area (Å²) in [4.78, 5) is 0. The van der Waals surface area contributed by atoms with E-state index in [1.807, 2.05) is 13.0 Å². The minimum Gasteiger partial charge on any atom is -0.487 e. The van der Waals surface area contributed by atoms with Gasteiger partial charge in [-0.25, -0.2) is 0 Å². The van der Waals surface area contributed by atoms with E-state index >= 15 is 0 Å². The normalized spacial score (nSPS) is 34.2. The zero-order valence-corrected chi connectivity index (χ0v) is 15.4. The number of hydrogen-bond donors (Lipinski definition) is 1. The first-order valence-electron chi connectivity index (χ1n) is 9.10. The van der Waals surface area contributed by atoms with Crippen LogP contribution < -0.4 is 0 Å². The first-order chi connectivity index (χ1) is 11.3. The molecule has 0 bridgehead atoms. The molecule has 0 spiro atoms. The van der Waals surface area contributed by atoms with Crippen LogP contribution in [0.5, 0.6) is 0 Å². The van der Waals surface area contributed by atoms with Crippen molar-refractivity contribution < 1.29 is 9.84 Å². The smallest absolute Gasteiger partial charge is 0.126 e. The average molecular weight is 326 g/mol. The molecule has 0 radical (unpaired) electrons. The van der Waals surface area contributed by atoms with Gasteiger partial charge in [-0.15, -0.1) is 0 Å². The predicted octanol–water partition coefficient (Wildman–Crippen LogP) is 5.24. The Morgan fingerprint density at radius 2 is 2.17 bits per heavy atom. The van der Waals surface area contributed by atoms with Crippen LogP contribution in [-0.4, -0.2) is 16.8 Å². The molecule has 3 aliphatic rings. The molecule has 1 aliphatic heterocycles. The van der Waals surface area contributed by atoms with Crippen LogP contribution in [0.25, 0.3) is 0 Å². The van der Waals surface area contributed by atoms with Crippen molar-refractivity contribution in [3.8, 4) is 0 Å². The van der Waals surface area contributed by atoms with Crippen LogP contribution in [0, 0.1) is 11.8 Å². The molecule has 0 aromatic carbocycles. The van der Waals surface area contributed by atoms with Gasteiger partial charge < -0.3 is 9.84 Å². The summed E-state index contributed by atoms with van der Waals surface area (Å²) in [5.41, 5.74) is 4.52. The topological polar surface area (TPSA) is 29.5 Å². The summed E-state index contributed by atoms with van der Waals surface area (Å²) < 4.78 is 6.40. The zero-order chi connectivity index (χ0) is 17.5. The van der Waals surface area contributed by atoms with Gasteiger partial charge in [0.15, 0.2) is 0 Å². The third-order valence-corrected chi connectivity index (χ3v) is 5.72. The van der Waals surface area contributed by atoms with E-state index in [9.17, 15) is 5.11 Å². The maximum atomic E-state index is 10.4. The van der Waals surface area contributed by atoms with Gasteiger partial charge in [-0.3, -0.25) is 0 Å². The Kier molecular flexibility index (Phi) is 4.61. The number of aliphatic hydroxyl groups excluding tert-OH is 1. The van der Waals surface area contributed by atoms with E-state index in [2.05, 4.69) is 45.6 Å². The fourth-order valence-corrected chi connectivity index (χ4v) is 4.35. The maximum absolute atomic E-state index is 10.4. The molecule has 1 heterocycles. The molecule has 1 saturated carbocycles. The van der Waals surface area contributed by atoms with E-state index < -0.39 is 6.10 Å². The van der Waals surface area contributed by atoms with Crippen molar-refractivity contribution in [1.82, 2.24) is 0 Å². The molecule has 0 aromatic heterocycles. The van der Waals surface area contributed by atoms with E-state index in [1.165, 1.54) is 11.1 Å². The summed E-state index contributed by atoms with van der Waals surface area (Å²) in [6.45, 7) is 12.9. The fourth-order valence-electron chi connectivity index (χ4n) is 4.35. The van der Waals surface area contributed by atoms with Crippen LogP contribution in [-0.2, 0) is 4.74 Å². The lowest BCUT2D eigenvalue weighted by atomic mass is 9.77. The number of aliphatic hydroxyl groups is 1. The van der Waals surface area contributed by atoms with E-state index in [1.54, 1.807) is 0 Å². The van der Waals surface area contributed by atoms with Gasteiger partial charge in [-0.2, -0.15) is 0 Å². The SMILES string of the molecule is C=C(CCC=C(C)C)[C@H]1CC[C@@]2(C)OC3=CC(C)=CC(O)C3=C[C@@H]12. The molecular weight excluding hydrogens is 296 g/mol. The van der Waals surface area contributed by atoms with Gasteiger partial charge in [0, 0.05) is 11.5 Å². The Labute approximate surface area is 146 Å². The lowest BCUT2D eigenvalue weighted by molar-refractivity contribution is -0.0148. The number of ether oxygens (including phenoxy) is 1. The van der Waals surface area contributed by atoms with Crippen molar-refractivity contribution in [2.24, 2.45) is 11.8 Å². The third kappa shape index (κ3) is 3.17. The molecule has 2 heteroatoms. The molecule has 1 unspecified atom stereocenters. The van der Waals surface area contributed by atoms with Crippen LogP contribution in [0.3, 0.4) is 0 Å². The average Bonchev–Trinajstić information content (AvgIpc) is 2.81. The molecule has 1 fully saturated rings. The van der Waals surface area contributed by atoms with Crippen LogP contribution >= 0.6 is 0 Å². The summed E-state index contributed by atoms with van der Waals surface area (Å²) in [6, 6.07) is 0. The minimum atomic E-state index is -0.547. The van der Waals surface area contributed by atoms with E-state index in [4.69, 9.17) is 4.74 Å². The zero-order valence-electron chi connectivity index (χ0n) is 15.4. The first-order valence-corrected chi connectivity index (χ1v) is 9.10. The molecule has 4 atom stereocenters. The second-order valence-electron chi connectivity index (χ2n) is 8.05. The minimum absolute atomic E-state index is 0.170. The quantitative estimate of drug-likeness (QED) is 0.716. The molecule has 1 N–H and O–H groups in total. The Morgan fingerprint density at radius 3 is 2.88 bits per heavy atom. The summed E-state index contributed by atoms with van der Waals surface area (Å²) >= 11 is 0. The van der Waals surface area contributed by atoms with Crippen molar-refractivity contribution in [2.75, 3.05) is 0 Å². The second kappa shape index (κ2) is 6.40. The van der Waals surface area contributed by atoms with E-state index in [-0.39, 0.29) is 5.60 Å². The molecule has 3 rings (SSSR count). The molecule has 2 nitrogen and oxygen atoms in total. The molecule has 0 saturated heterocycles. The highest BCUT2D eigenvalue weighted by molar-refractivity contribution is 5.46. The molecule has 24 heavy (non-hydrogen) atoms. The number of hydrogen-bond acceptors (Lipinski definition) is 2. The Morgan fingerprint density at radius 1 is 1.42 bits per heavy atom. The van der Waals surface area contributed by atoms with Crippen molar-refractivity contribution in [3.63, 3.8) is 0 Å². The standard InChI is InChI=1S/C22H30O2/c1-14(2)7-6-8-16(4)17-9-10-22(5)19(17)13-18-20(23)11-15(3)12-21(18)24-22/h7,11-13,17,19-20,23H,4,6,8-10H2,1-3,5H3/t17-,19+,20?,22-/m1/s1. The van der Waals surface area contributed by atoms with Crippen LogP contribution in [0.2, 0.25) is 0 Å². The van der Waals surface area contributed by atoms with Crippen LogP contribution in [0.1, 0.15) is 53.4 Å². The van der Waals surface area contributed by atoms with Gasteiger partial charge in [0.05, 0.1) is 0 Å². The molecule has 0 aromatic rings. The van der Waals surface area contributed by atoms with Gasteiger partial charge in [0.25, 0.3) is 0 Å². The lowest BCUT2D eigenvalue weighted by Gasteiger charge is -2.41. The third-order valence-electron chi connectivity index (χ3n) is 5.72. The molecule has 0 amide bonds. The summed E-state index contributed by atoms with van der Waals surface area (Å²) in [5.74, 6) is 1.62. The monoisotopic (exact) mass is 326 g/mol. The highest BCUT2D eigenvalue weighted by Crippen LogP contribution is 2.52. The van der Waals surface area contributed by atoms with Crippen LogP contribution in [0.15, 0.2) is 58.9 Å². The summed E-state index contributed by atoms with van der Waals surface area (Å²) in [7, 11) is 0.